The molecule has 1 aromatic carbocycles. The Bertz CT molecular complexity index is 677. The number of hydrogen-bond acceptors (Lipinski definition) is 4. The van der Waals surface area contributed by atoms with Gasteiger partial charge in [0.1, 0.15) is 17.5 Å². The monoisotopic (exact) mass is 293 g/mol. The lowest BCUT2D eigenvalue weighted by Crippen LogP contribution is -2.04. The highest BCUT2D eigenvalue weighted by atomic mass is 19.1. The van der Waals surface area contributed by atoms with Crippen LogP contribution in [0.5, 0.6) is 0 Å². The van der Waals surface area contributed by atoms with Crippen molar-refractivity contribution in [3.8, 4) is 11.3 Å². The zero-order valence-electron chi connectivity index (χ0n) is 11.3. The number of hydrogen-bond donors (Lipinski definition) is 1. The van der Waals surface area contributed by atoms with Gasteiger partial charge in [-0.3, -0.25) is 10.1 Å². The van der Waals surface area contributed by atoms with E-state index in [4.69, 9.17) is 0 Å². The van der Waals surface area contributed by atoms with Gasteiger partial charge in [-0.1, -0.05) is 6.92 Å². The van der Waals surface area contributed by atoms with Crippen LogP contribution in [-0.2, 0) is 0 Å². The molecule has 0 spiro atoms. The number of rotatable bonds is 5. The SMILES string of the molecule is CCCNc1cc([N+](=O)[O-])cc(-c2ccc(F)cc2F)n1. The van der Waals surface area contributed by atoms with Crippen LogP contribution >= 0.6 is 0 Å². The highest BCUT2D eigenvalue weighted by Gasteiger charge is 2.15. The lowest BCUT2D eigenvalue weighted by molar-refractivity contribution is -0.384. The lowest BCUT2D eigenvalue weighted by atomic mass is 10.1. The number of nitrogens with zero attached hydrogens (tertiary/aromatic N) is 2. The fourth-order valence-electron chi connectivity index (χ4n) is 1.80. The molecule has 0 aliphatic carbocycles. The molecule has 7 heteroatoms. The van der Waals surface area contributed by atoms with Gasteiger partial charge in [0.25, 0.3) is 5.69 Å². The molecule has 0 radical (unpaired) electrons. The van der Waals surface area contributed by atoms with Gasteiger partial charge in [-0.25, -0.2) is 13.8 Å². The summed E-state index contributed by atoms with van der Waals surface area (Å²) >= 11 is 0. The normalized spacial score (nSPS) is 10.4. The lowest BCUT2D eigenvalue weighted by Gasteiger charge is -2.08. The Morgan fingerprint density at radius 3 is 2.67 bits per heavy atom. The van der Waals surface area contributed by atoms with Crippen LogP contribution in [0.1, 0.15) is 13.3 Å². The Hall–Kier alpha value is -2.57. The van der Waals surface area contributed by atoms with Crippen LogP contribution in [0.2, 0.25) is 0 Å². The summed E-state index contributed by atoms with van der Waals surface area (Å²) in [4.78, 5) is 14.5. The maximum atomic E-state index is 13.8. The number of benzene rings is 1. The molecule has 110 valence electrons. The van der Waals surface area contributed by atoms with Crippen molar-refractivity contribution in [2.45, 2.75) is 13.3 Å². The Morgan fingerprint density at radius 2 is 2.05 bits per heavy atom. The van der Waals surface area contributed by atoms with Crippen LogP contribution in [0.25, 0.3) is 11.3 Å². The third kappa shape index (κ3) is 3.50. The zero-order valence-corrected chi connectivity index (χ0v) is 11.3. The van der Waals surface area contributed by atoms with Crippen molar-refractivity contribution < 1.29 is 13.7 Å². The first-order valence-electron chi connectivity index (χ1n) is 6.37. The summed E-state index contributed by atoms with van der Waals surface area (Å²) in [5.74, 6) is -1.25. The van der Waals surface area contributed by atoms with E-state index in [9.17, 15) is 18.9 Å². The summed E-state index contributed by atoms with van der Waals surface area (Å²) in [5, 5.41) is 13.9. The van der Waals surface area contributed by atoms with Gasteiger partial charge in [-0.15, -0.1) is 0 Å². The average molecular weight is 293 g/mol. The fourth-order valence-corrected chi connectivity index (χ4v) is 1.80. The van der Waals surface area contributed by atoms with Gasteiger partial charge in [-0.2, -0.15) is 0 Å². The van der Waals surface area contributed by atoms with Crippen molar-refractivity contribution in [1.29, 1.82) is 0 Å². The van der Waals surface area contributed by atoms with E-state index >= 15 is 0 Å². The van der Waals surface area contributed by atoms with Gasteiger partial charge < -0.3 is 5.32 Å². The quantitative estimate of drug-likeness (QED) is 0.673. The number of nitrogens with one attached hydrogen (secondary N) is 1. The average Bonchev–Trinajstić information content (AvgIpc) is 2.44. The first-order chi connectivity index (χ1) is 10.0. The molecule has 0 amide bonds. The predicted octanol–water partition coefficient (Wildman–Crippen LogP) is 3.76. The van der Waals surface area contributed by atoms with E-state index < -0.39 is 16.6 Å². The Labute approximate surface area is 119 Å². The van der Waals surface area contributed by atoms with E-state index in [-0.39, 0.29) is 22.8 Å². The standard InChI is InChI=1S/C14H13F2N3O2/c1-2-5-17-14-8-10(19(20)21)7-13(18-14)11-4-3-9(15)6-12(11)16/h3-4,6-8H,2,5H2,1H3,(H,17,18). The van der Waals surface area contributed by atoms with Crippen LogP contribution < -0.4 is 5.32 Å². The van der Waals surface area contributed by atoms with Crippen molar-refractivity contribution in [1.82, 2.24) is 4.98 Å². The first kappa shape index (κ1) is 14.8. The number of pyridine rings is 1. The second kappa shape index (κ2) is 6.25. The molecule has 1 N–H and O–H groups in total. The zero-order chi connectivity index (χ0) is 15.4. The summed E-state index contributed by atoms with van der Waals surface area (Å²) in [6.07, 6.45) is 0.810. The molecule has 0 aliphatic rings. The molecule has 0 saturated heterocycles. The minimum absolute atomic E-state index is 0.0136. The summed E-state index contributed by atoms with van der Waals surface area (Å²) in [6, 6.07) is 5.45. The number of nitro groups is 1. The molecule has 5 nitrogen and oxygen atoms in total. The highest BCUT2D eigenvalue weighted by Crippen LogP contribution is 2.27. The van der Waals surface area contributed by atoms with Crippen LogP contribution in [0.4, 0.5) is 20.3 Å². The van der Waals surface area contributed by atoms with E-state index in [1.165, 1.54) is 12.1 Å². The molecule has 0 unspecified atom stereocenters. The Balaban J connectivity index is 2.50. The second-order valence-corrected chi connectivity index (χ2v) is 4.40. The summed E-state index contributed by atoms with van der Waals surface area (Å²) < 4.78 is 26.7. The van der Waals surface area contributed by atoms with Crippen LogP contribution in [-0.4, -0.2) is 16.5 Å². The van der Waals surface area contributed by atoms with Gasteiger partial charge in [0.05, 0.1) is 16.7 Å². The third-order valence-corrected chi connectivity index (χ3v) is 2.78. The maximum Gasteiger partial charge on any atom is 0.275 e. The Morgan fingerprint density at radius 1 is 1.29 bits per heavy atom. The van der Waals surface area contributed by atoms with Crippen LogP contribution in [0.3, 0.4) is 0 Å². The summed E-state index contributed by atoms with van der Waals surface area (Å²) in [5.41, 5.74) is -0.109. The minimum atomic E-state index is -0.815. The van der Waals surface area contributed by atoms with Crippen molar-refractivity contribution in [2.24, 2.45) is 0 Å². The van der Waals surface area contributed by atoms with Gasteiger partial charge in [-0.05, 0) is 18.6 Å². The van der Waals surface area contributed by atoms with Crippen molar-refractivity contribution in [3.05, 3.63) is 52.1 Å². The summed E-state index contributed by atoms with van der Waals surface area (Å²) in [7, 11) is 0. The molecule has 21 heavy (non-hydrogen) atoms. The van der Waals surface area contributed by atoms with E-state index in [1.54, 1.807) is 0 Å². The van der Waals surface area contributed by atoms with E-state index in [0.717, 1.165) is 24.6 Å². The van der Waals surface area contributed by atoms with Gasteiger partial charge >= 0.3 is 0 Å². The molecule has 0 bridgehead atoms. The van der Waals surface area contributed by atoms with Gasteiger partial charge in [0.15, 0.2) is 0 Å². The minimum Gasteiger partial charge on any atom is -0.370 e. The van der Waals surface area contributed by atoms with Crippen molar-refractivity contribution in [3.63, 3.8) is 0 Å². The second-order valence-electron chi connectivity index (χ2n) is 4.40. The Kier molecular flexibility index (Phi) is 4.42. The number of aromatic nitrogens is 1. The molecule has 2 aromatic rings. The maximum absolute atomic E-state index is 13.8. The third-order valence-electron chi connectivity index (χ3n) is 2.78. The fraction of sp³-hybridized carbons (Fsp3) is 0.214. The molecule has 1 aromatic heterocycles. The molecule has 1 heterocycles. The molecule has 2 rings (SSSR count). The largest absolute Gasteiger partial charge is 0.370 e. The number of halogens is 2. The van der Waals surface area contributed by atoms with Crippen molar-refractivity contribution in [2.75, 3.05) is 11.9 Å². The first-order valence-corrected chi connectivity index (χ1v) is 6.37. The molecule has 0 saturated carbocycles. The number of anilines is 1. The topological polar surface area (TPSA) is 68.1 Å². The van der Waals surface area contributed by atoms with E-state index in [0.29, 0.717) is 6.54 Å². The van der Waals surface area contributed by atoms with E-state index in [2.05, 4.69) is 10.3 Å². The predicted molar refractivity (Wildman–Crippen MR) is 75.0 cm³/mol. The molecular weight excluding hydrogens is 280 g/mol. The molecule has 0 atom stereocenters. The summed E-state index contributed by atoms with van der Waals surface area (Å²) in [6.45, 7) is 2.52. The van der Waals surface area contributed by atoms with Gasteiger partial charge in [0.2, 0.25) is 0 Å². The van der Waals surface area contributed by atoms with E-state index in [1.807, 2.05) is 6.92 Å². The van der Waals surface area contributed by atoms with Crippen LogP contribution in [0, 0.1) is 21.7 Å². The van der Waals surface area contributed by atoms with Crippen molar-refractivity contribution >= 4 is 11.5 Å². The highest BCUT2D eigenvalue weighted by molar-refractivity contribution is 5.65. The molecule has 0 fully saturated rings. The van der Waals surface area contributed by atoms with Gasteiger partial charge in [0, 0.05) is 24.2 Å². The smallest absolute Gasteiger partial charge is 0.275 e. The molecule has 0 aliphatic heterocycles. The molecular formula is C14H13F2N3O2. The van der Waals surface area contributed by atoms with Crippen LogP contribution in [0.15, 0.2) is 30.3 Å².